The van der Waals surface area contributed by atoms with E-state index in [1.165, 1.54) is 0 Å². The molecule has 0 unspecified atom stereocenters. The fraction of sp³-hybridized carbons (Fsp3) is 0.333. The zero-order chi connectivity index (χ0) is 13.2. The number of nitrogens with two attached hydrogens (primary N) is 1. The smallest absolute Gasteiger partial charge is 0.247 e. The minimum absolute atomic E-state index is 0.383. The summed E-state index contributed by atoms with van der Waals surface area (Å²) in [4.78, 5) is 6.41. The molecule has 6 nitrogen and oxygen atoms in total. The van der Waals surface area contributed by atoms with E-state index in [0.717, 1.165) is 23.2 Å². The summed E-state index contributed by atoms with van der Waals surface area (Å²) in [6.45, 7) is 2.98. The van der Waals surface area contributed by atoms with Gasteiger partial charge in [0.1, 0.15) is 0 Å². The van der Waals surface area contributed by atoms with Crippen LogP contribution in [-0.2, 0) is 4.74 Å². The van der Waals surface area contributed by atoms with Crippen LogP contribution in [0, 0.1) is 0 Å². The fourth-order valence-corrected chi connectivity index (χ4v) is 2.46. The van der Waals surface area contributed by atoms with Crippen LogP contribution in [-0.4, -0.2) is 41.1 Å². The Bertz CT molecular complexity index is 579. The Labute approximate surface area is 119 Å². The molecule has 0 atom stereocenters. The number of nitrogen functional groups attached to an aromatic ring is 1. The zero-order valence-corrected chi connectivity index (χ0v) is 11.9. The standard InChI is InChI=1S/C12H14BrN5O/c13-9-3-1-2-4-10(9)18-11(14)15-12(16-18)17-5-7-19-8-6-17/h1-4H,5-8H2,(H2,14,15,16). The molecule has 2 heterocycles. The van der Waals surface area contributed by atoms with Crippen molar-refractivity contribution < 1.29 is 4.74 Å². The molecule has 100 valence electrons. The minimum atomic E-state index is 0.383. The summed E-state index contributed by atoms with van der Waals surface area (Å²) >= 11 is 3.49. The van der Waals surface area contributed by atoms with Crippen LogP contribution in [0.4, 0.5) is 11.9 Å². The van der Waals surface area contributed by atoms with Crippen molar-refractivity contribution in [3.05, 3.63) is 28.7 Å². The van der Waals surface area contributed by atoms with Crippen LogP contribution in [0.3, 0.4) is 0 Å². The molecule has 2 aromatic rings. The van der Waals surface area contributed by atoms with Gasteiger partial charge >= 0.3 is 0 Å². The Hall–Kier alpha value is -1.60. The number of ether oxygens (including phenoxy) is 1. The summed E-state index contributed by atoms with van der Waals surface area (Å²) in [6.07, 6.45) is 0. The van der Waals surface area contributed by atoms with E-state index in [1.54, 1.807) is 4.68 Å². The lowest BCUT2D eigenvalue weighted by Gasteiger charge is -2.25. The first-order chi connectivity index (χ1) is 9.25. The molecular weight excluding hydrogens is 310 g/mol. The summed E-state index contributed by atoms with van der Waals surface area (Å²) in [6, 6.07) is 7.78. The predicted molar refractivity (Wildman–Crippen MR) is 76.5 cm³/mol. The number of benzene rings is 1. The topological polar surface area (TPSA) is 69.2 Å². The normalized spacial score (nSPS) is 15.7. The highest BCUT2D eigenvalue weighted by molar-refractivity contribution is 9.10. The largest absolute Gasteiger partial charge is 0.378 e. The fourth-order valence-electron chi connectivity index (χ4n) is 2.01. The van der Waals surface area contributed by atoms with E-state index in [1.807, 2.05) is 24.3 Å². The van der Waals surface area contributed by atoms with Gasteiger partial charge in [-0.25, -0.2) is 0 Å². The van der Waals surface area contributed by atoms with E-state index < -0.39 is 0 Å². The van der Waals surface area contributed by atoms with Gasteiger partial charge in [0.2, 0.25) is 11.9 Å². The second kappa shape index (κ2) is 5.18. The molecule has 1 saturated heterocycles. The molecule has 1 aliphatic heterocycles. The number of para-hydroxylation sites is 1. The Kier molecular flexibility index (Phi) is 3.39. The molecule has 1 fully saturated rings. The molecule has 0 radical (unpaired) electrons. The van der Waals surface area contributed by atoms with Crippen molar-refractivity contribution in [1.29, 1.82) is 0 Å². The number of halogens is 1. The van der Waals surface area contributed by atoms with Crippen LogP contribution in [0.25, 0.3) is 5.69 Å². The van der Waals surface area contributed by atoms with E-state index in [2.05, 4.69) is 30.9 Å². The molecule has 19 heavy (non-hydrogen) atoms. The maximum Gasteiger partial charge on any atom is 0.247 e. The summed E-state index contributed by atoms with van der Waals surface area (Å²) in [5.74, 6) is 1.03. The van der Waals surface area contributed by atoms with Gasteiger partial charge in [0.25, 0.3) is 0 Å². The number of nitrogens with zero attached hydrogens (tertiary/aromatic N) is 4. The Morgan fingerprint density at radius 2 is 1.95 bits per heavy atom. The first-order valence-corrected chi connectivity index (χ1v) is 6.85. The van der Waals surface area contributed by atoms with Gasteiger partial charge in [-0.2, -0.15) is 9.67 Å². The number of hydrogen-bond donors (Lipinski definition) is 1. The highest BCUT2D eigenvalue weighted by atomic mass is 79.9. The van der Waals surface area contributed by atoms with Crippen LogP contribution in [0.5, 0.6) is 0 Å². The lowest BCUT2D eigenvalue weighted by Crippen LogP contribution is -2.37. The van der Waals surface area contributed by atoms with E-state index in [-0.39, 0.29) is 0 Å². The number of hydrogen-bond acceptors (Lipinski definition) is 5. The van der Waals surface area contributed by atoms with Gasteiger partial charge in [-0.05, 0) is 28.1 Å². The van der Waals surface area contributed by atoms with Crippen molar-refractivity contribution in [3.8, 4) is 5.69 Å². The van der Waals surface area contributed by atoms with E-state index in [4.69, 9.17) is 10.5 Å². The van der Waals surface area contributed by atoms with Gasteiger partial charge in [-0.15, -0.1) is 5.10 Å². The SMILES string of the molecule is Nc1nc(N2CCOCC2)nn1-c1ccccc1Br. The van der Waals surface area contributed by atoms with Crippen LogP contribution >= 0.6 is 15.9 Å². The van der Waals surface area contributed by atoms with Crippen molar-refractivity contribution in [2.75, 3.05) is 36.9 Å². The first kappa shape index (κ1) is 12.4. The lowest BCUT2D eigenvalue weighted by atomic mass is 10.3. The molecular formula is C12H14BrN5O. The zero-order valence-electron chi connectivity index (χ0n) is 10.3. The number of anilines is 2. The molecule has 0 bridgehead atoms. The molecule has 1 aromatic carbocycles. The maximum atomic E-state index is 5.96. The third kappa shape index (κ3) is 2.43. The van der Waals surface area contributed by atoms with Crippen molar-refractivity contribution in [2.45, 2.75) is 0 Å². The summed E-state index contributed by atoms with van der Waals surface area (Å²) < 4.78 is 7.90. The van der Waals surface area contributed by atoms with Gasteiger partial charge in [0.15, 0.2) is 0 Å². The molecule has 3 rings (SSSR count). The van der Waals surface area contributed by atoms with Gasteiger partial charge in [-0.3, -0.25) is 0 Å². The van der Waals surface area contributed by atoms with Crippen LogP contribution in [0.2, 0.25) is 0 Å². The Morgan fingerprint density at radius 1 is 1.21 bits per heavy atom. The third-order valence-corrected chi connectivity index (χ3v) is 3.67. The van der Waals surface area contributed by atoms with E-state index in [0.29, 0.717) is 25.1 Å². The number of aromatic nitrogens is 3. The average Bonchev–Trinajstić information content (AvgIpc) is 2.82. The molecule has 7 heteroatoms. The van der Waals surface area contributed by atoms with Gasteiger partial charge in [-0.1, -0.05) is 12.1 Å². The number of rotatable bonds is 2. The van der Waals surface area contributed by atoms with Gasteiger partial charge < -0.3 is 15.4 Å². The van der Waals surface area contributed by atoms with E-state index in [9.17, 15) is 0 Å². The highest BCUT2D eigenvalue weighted by Crippen LogP contribution is 2.23. The lowest BCUT2D eigenvalue weighted by molar-refractivity contribution is 0.122. The van der Waals surface area contributed by atoms with Crippen LogP contribution in [0.1, 0.15) is 0 Å². The molecule has 0 spiro atoms. The van der Waals surface area contributed by atoms with Crippen molar-refractivity contribution in [3.63, 3.8) is 0 Å². The average molecular weight is 324 g/mol. The van der Waals surface area contributed by atoms with Crippen molar-refractivity contribution >= 4 is 27.8 Å². The van der Waals surface area contributed by atoms with Gasteiger partial charge in [0, 0.05) is 17.6 Å². The van der Waals surface area contributed by atoms with E-state index >= 15 is 0 Å². The van der Waals surface area contributed by atoms with Crippen LogP contribution in [0.15, 0.2) is 28.7 Å². The first-order valence-electron chi connectivity index (χ1n) is 6.06. The maximum absolute atomic E-state index is 5.96. The monoisotopic (exact) mass is 323 g/mol. The Morgan fingerprint density at radius 3 is 2.68 bits per heavy atom. The predicted octanol–water partition coefficient (Wildman–Crippen LogP) is 1.45. The molecule has 1 aromatic heterocycles. The van der Waals surface area contributed by atoms with Crippen molar-refractivity contribution in [2.24, 2.45) is 0 Å². The summed E-state index contributed by atoms with van der Waals surface area (Å²) in [5, 5.41) is 4.49. The molecule has 2 N–H and O–H groups in total. The highest BCUT2D eigenvalue weighted by Gasteiger charge is 2.18. The quantitative estimate of drug-likeness (QED) is 0.905. The van der Waals surface area contributed by atoms with Crippen molar-refractivity contribution in [1.82, 2.24) is 14.8 Å². The second-order valence-corrected chi connectivity index (χ2v) is 5.09. The summed E-state index contributed by atoms with van der Waals surface area (Å²) in [7, 11) is 0. The number of morpholine rings is 1. The Balaban J connectivity index is 1.95. The molecule has 0 amide bonds. The minimum Gasteiger partial charge on any atom is -0.378 e. The second-order valence-electron chi connectivity index (χ2n) is 4.23. The third-order valence-electron chi connectivity index (χ3n) is 3.00. The summed E-state index contributed by atoms with van der Waals surface area (Å²) in [5.41, 5.74) is 6.84. The van der Waals surface area contributed by atoms with Crippen LogP contribution < -0.4 is 10.6 Å². The van der Waals surface area contributed by atoms with Gasteiger partial charge in [0.05, 0.1) is 18.9 Å². The molecule has 1 aliphatic rings. The molecule has 0 aliphatic carbocycles. The molecule has 0 saturated carbocycles.